The third-order valence-electron chi connectivity index (χ3n) is 14.1. The van der Waals surface area contributed by atoms with Crippen LogP contribution in [-0.4, -0.2) is 162 Å². The fourth-order valence-electron chi connectivity index (χ4n) is 9.81. The van der Waals surface area contributed by atoms with E-state index in [4.69, 9.17) is 43.0 Å². The minimum atomic E-state index is -1.94. The molecule has 16 nitrogen and oxygen atoms in total. The van der Waals surface area contributed by atoms with E-state index in [2.05, 4.69) is 5.10 Å². The summed E-state index contributed by atoms with van der Waals surface area (Å²) >= 11 is 0. The minimum absolute atomic E-state index is 0.128. The summed E-state index contributed by atoms with van der Waals surface area (Å²) in [6, 6.07) is 7.13. The summed E-state index contributed by atoms with van der Waals surface area (Å²) in [5.74, 6) is -2.99. The molecule has 63 heavy (non-hydrogen) atoms. The van der Waals surface area contributed by atoms with Crippen LogP contribution in [0.5, 0.6) is 5.75 Å². The van der Waals surface area contributed by atoms with Gasteiger partial charge in [-0.25, -0.2) is 0 Å². The van der Waals surface area contributed by atoms with Crippen LogP contribution in [0.3, 0.4) is 0 Å². The van der Waals surface area contributed by atoms with Gasteiger partial charge in [0.1, 0.15) is 29.7 Å². The Kier molecular flexibility index (Phi) is 18.3. The van der Waals surface area contributed by atoms with E-state index in [1.807, 2.05) is 77.9 Å². The van der Waals surface area contributed by atoms with Crippen LogP contribution in [0.25, 0.3) is 0 Å². The zero-order valence-electron chi connectivity index (χ0n) is 40.6. The average Bonchev–Trinajstić information content (AvgIpc) is 3.24. The molecule has 0 amide bonds. The second-order valence-corrected chi connectivity index (χ2v) is 19.2. The first-order valence-electron chi connectivity index (χ1n) is 22.5. The number of hydrogen-bond acceptors (Lipinski definition) is 16. The molecule has 0 bridgehead atoms. The van der Waals surface area contributed by atoms with Crippen molar-refractivity contribution >= 4 is 17.4 Å². The molecule has 4 rings (SSSR count). The lowest BCUT2D eigenvalue weighted by molar-refractivity contribution is -0.319. The van der Waals surface area contributed by atoms with Gasteiger partial charge in [0.25, 0.3) is 0 Å². The lowest BCUT2D eigenvalue weighted by atomic mass is 9.73. The molecule has 0 spiro atoms. The fourth-order valence-corrected chi connectivity index (χ4v) is 9.81. The molecule has 1 aromatic carbocycles. The standard InChI is InChI=1S/C47H79N3O13/c1-17-35-47(11,55)40(52)27(4)37(49-48-30(7)32-18-20-33(56-14)21-19-32)25(2)23-46(10,58-16)42(63-44-38(51)34(50(12)13)22-26(3)59-44)28(5)39(29(6)43(54)61-35)62-36-24-45(9,57-15)41(53)31(8)60-36/h18-21,25-29,31,34-36,38-42,44,51-53,55H,17,22-24H2,1-16H3. The van der Waals surface area contributed by atoms with Gasteiger partial charge in [-0.2, -0.15) is 10.2 Å². The Hall–Kier alpha value is -2.61. The number of carbonyl (C=O) groups is 1. The molecule has 18 unspecified atom stereocenters. The fraction of sp³-hybridized carbons (Fsp3) is 0.809. The van der Waals surface area contributed by atoms with Gasteiger partial charge in [-0.3, -0.25) is 4.79 Å². The zero-order chi connectivity index (χ0) is 47.4. The second-order valence-electron chi connectivity index (χ2n) is 19.2. The van der Waals surface area contributed by atoms with Gasteiger partial charge in [-0.05, 0) is 118 Å². The lowest BCUT2D eigenvalue weighted by Crippen LogP contribution is -2.61. The first kappa shape index (κ1) is 53.0. The Labute approximate surface area is 375 Å². The number of methoxy groups -OCH3 is 3. The number of aliphatic hydroxyl groups is 4. The first-order chi connectivity index (χ1) is 29.4. The normalized spacial score (nSPS) is 43.4. The Morgan fingerprint density at radius 3 is 2.05 bits per heavy atom. The van der Waals surface area contributed by atoms with Crippen LogP contribution < -0.4 is 4.74 Å². The highest BCUT2D eigenvalue weighted by atomic mass is 16.7. The van der Waals surface area contributed by atoms with Crippen molar-refractivity contribution < 1.29 is 63.1 Å². The molecule has 0 saturated carbocycles. The molecule has 16 heteroatoms. The highest BCUT2D eigenvalue weighted by Gasteiger charge is 2.54. The molecule has 3 aliphatic rings. The van der Waals surface area contributed by atoms with Gasteiger partial charge >= 0.3 is 5.97 Å². The Morgan fingerprint density at radius 2 is 1.49 bits per heavy atom. The van der Waals surface area contributed by atoms with Crippen LogP contribution in [0.2, 0.25) is 0 Å². The largest absolute Gasteiger partial charge is 0.497 e. The van der Waals surface area contributed by atoms with Crippen LogP contribution in [0, 0.1) is 23.7 Å². The third-order valence-corrected chi connectivity index (χ3v) is 14.1. The molecule has 3 saturated heterocycles. The summed E-state index contributed by atoms with van der Waals surface area (Å²) in [6.45, 7) is 19.7. The van der Waals surface area contributed by atoms with Crippen LogP contribution in [0.1, 0.15) is 107 Å². The second kappa shape index (κ2) is 21.8. The highest BCUT2D eigenvalue weighted by molar-refractivity contribution is 5.99. The molecular formula is C47H79N3O13. The number of esters is 1. The maximum Gasteiger partial charge on any atom is 0.311 e. The monoisotopic (exact) mass is 894 g/mol. The van der Waals surface area contributed by atoms with E-state index >= 15 is 0 Å². The highest BCUT2D eigenvalue weighted by Crippen LogP contribution is 2.42. The molecule has 0 aliphatic carbocycles. The van der Waals surface area contributed by atoms with Gasteiger partial charge in [0, 0.05) is 44.2 Å². The summed E-state index contributed by atoms with van der Waals surface area (Å²) in [4.78, 5) is 16.5. The molecule has 1 aromatic rings. The number of nitrogens with zero attached hydrogens (tertiary/aromatic N) is 3. The van der Waals surface area contributed by atoms with Crippen LogP contribution in [0.15, 0.2) is 34.5 Å². The summed E-state index contributed by atoms with van der Waals surface area (Å²) in [5.41, 5.74) is -2.33. The number of ether oxygens (including phenoxy) is 8. The number of benzene rings is 1. The van der Waals surface area contributed by atoms with Gasteiger partial charge in [-0.15, -0.1) is 0 Å². The topological polar surface area (TPSA) is 200 Å². The molecule has 3 fully saturated rings. The van der Waals surface area contributed by atoms with Crippen molar-refractivity contribution in [3.05, 3.63) is 29.8 Å². The SMILES string of the molecule is CCC1OC(=O)C(C)C(OC2CC(C)(OC)C(O)C(C)O2)C(C)C(OC2OC(C)CC(N(C)C)C2O)C(C)(OC)CC(C)C(=NN=C(C)c2ccc(OC)cc2)C(C)C(O)C1(C)O. The van der Waals surface area contributed by atoms with E-state index in [1.54, 1.807) is 48.8 Å². The summed E-state index contributed by atoms with van der Waals surface area (Å²) in [5, 5.41) is 56.7. The minimum Gasteiger partial charge on any atom is -0.497 e. The molecule has 4 N–H and O–H groups in total. The van der Waals surface area contributed by atoms with Gasteiger partial charge < -0.3 is 63.2 Å². The Bertz CT molecular complexity index is 1690. The van der Waals surface area contributed by atoms with E-state index < -0.39 is 102 Å². The van der Waals surface area contributed by atoms with Gasteiger partial charge in [0.05, 0.1) is 60.5 Å². The maximum atomic E-state index is 14.5. The summed E-state index contributed by atoms with van der Waals surface area (Å²) in [6.07, 6.45) is -8.49. The van der Waals surface area contributed by atoms with Crippen LogP contribution in [-0.2, 0) is 38.0 Å². The van der Waals surface area contributed by atoms with Gasteiger partial charge in [0.15, 0.2) is 12.6 Å². The molecule has 0 radical (unpaired) electrons. The van der Waals surface area contributed by atoms with E-state index in [1.165, 1.54) is 14.0 Å². The van der Waals surface area contributed by atoms with Crippen molar-refractivity contribution in [3.63, 3.8) is 0 Å². The summed E-state index contributed by atoms with van der Waals surface area (Å²) < 4.78 is 50.3. The van der Waals surface area contributed by atoms with Crippen molar-refractivity contribution in [1.29, 1.82) is 0 Å². The van der Waals surface area contributed by atoms with E-state index in [0.29, 0.717) is 23.6 Å². The van der Waals surface area contributed by atoms with Crippen LogP contribution in [0.4, 0.5) is 0 Å². The number of hydrogen-bond donors (Lipinski definition) is 4. The van der Waals surface area contributed by atoms with E-state index in [9.17, 15) is 25.2 Å². The number of likely N-dealkylation sites (N-methyl/N-ethyl adjacent to an activating group) is 1. The number of cyclic esters (lactones) is 1. The zero-order valence-corrected chi connectivity index (χ0v) is 40.6. The average molecular weight is 894 g/mol. The number of carbonyl (C=O) groups excluding carboxylic acids is 1. The van der Waals surface area contributed by atoms with E-state index in [-0.39, 0.29) is 31.4 Å². The quantitative estimate of drug-likeness (QED) is 0.135. The molecule has 18 atom stereocenters. The van der Waals surface area contributed by atoms with Crippen molar-refractivity contribution in [2.45, 2.75) is 186 Å². The number of rotatable bonds is 11. The van der Waals surface area contributed by atoms with Crippen LogP contribution >= 0.6 is 0 Å². The van der Waals surface area contributed by atoms with Crippen molar-refractivity contribution in [3.8, 4) is 5.75 Å². The molecule has 0 aromatic heterocycles. The van der Waals surface area contributed by atoms with E-state index in [0.717, 1.165) is 5.56 Å². The molecule has 3 aliphatic heterocycles. The lowest BCUT2D eigenvalue weighted by Gasteiger charge is -2.50. The predicted molar refractivity (Wildman–Crippen MR) is 239 cm³/mol. The summed E-state index contributed by atoms with van der Waals surface area (Å²) in [7, 11) is 8.49. The molecule has 360 valence electrons. The first-order valence-corrected chi connectivity index (χ1v) is 22.5. The third kappa shape index (κ3) is 11.9. The Morgan fingerprint density at radius 1 is 0.873 bits per heavy atom. The smallest absolute Gasteiger partial charge is 0.311 e. The maximum absolute atomic E-state index is 14.5. The van der Waals surface area contributed by atoms with Gasteiger partial charge in [0.2, 0.25) is 0 Å². The van der Waals surface area contributed by atoms with Gasteiger partial charge in [-0.1, -0.05) is 27.7 Å². The van der Waals surface area contributed by atoms with Crippen molar-refractivity contribution in [2.75, 3.05) is 35.4 Å². The molecule has 3 heterocycles. The van der Waals surface area contributed by atoms with Crippen molar-refractivity contribution in [2.24, 2.45) is 33.9 Å². The Balaban J connectivity index is 1.94. The number of aliphatic hydroxyl groups excluding tert-OH is 3. The molecular weight excluding hydrogens is 815 g/mol. The predicted octanol–water partition coefficient (Wildman–Crippen LogP) is 4.74. The van der Waals surface area contributed by atoms with Crippen molar-refractivity contribution in [1.82, 2.24) is 4.90 Å².